The summed E-state index contributed by atoms with van der Waals surface area (Å²) in [7, 11) is 0. The number of benzene rings is 2. The number of aromatic nitrogens is 3. The van der Waals surface area contributed by atoms with Crippen molar-refractivity contribution in [3.8, 4) is 22.8 Å². The van der Waals surface area contributed by atoms with Gasteiger partial charge in [-0.3, -0.25) is 0 Å². The predicted octanol–water partition coefficient (Wildman–Crippen LogP) is 3.15. The lowest BCUT2D eigenvalue weighted by atomic mass is 10.2. The summed E-state index contributed by atoms with van der Waals surface area (Å²) in [5.74, 6) is 1.34. The number of urea groups is 1. The lowest BCUT2D eigenvalue weighted by molar-refractivity contribution is 0.174. The van der Waals surface area contributed by atoms with Gasteiger partial charge in [-0.1, -0.05) is 35.5 Å². The first-order chi connectivity index (χ1) is 13.8. The second-order valence-corrected chi connectivity index (χ2v) is 6.84. The third-order valence-electron chi connectivity index (χ3n) is 5.03. The number of nitrogens with zero attached hydrogens (tertiary/aromatic N) is 4. The molecule has 0 unspecified atom stereocenters. The summed E-state index contributed by atoms with van der Waals surface area (Å²) < 4.78 is 12.5. The van der Waals surface area contributed by atoms with Crippen molar-refractivity contribution >= 4 is 11.7 Å². The molecule has 1 N–H and O–H groups in total. The number of amides is 2. The van der Waals surface area contributed by atoms with Gasteiger partial charge in [0.05, 0.1) is 12.2 Å². The zero-order chi connectivity index (χ0) is 18.9. The number of ether oxygens (including phenoxy) is 2. The van der Waals surface area contributed by atoms with Crippen LogP contribution in [0.1, 0.15) is 12.5 Å². The van der Waals surface area contributed by atoms with Crippen LogP contribution in [0.3, 0.4) is 0 Å². The minimum atomic E-state index is -0.134. The van der Waals surface area contributed by atoms with Crippen LogP contribution in [-0.4, -0.2) is 45.8 Å². The van der Waals surface area contributed by atoms with E-state index in [1.807, 2.05) is 47.3 Å². The van der Waals surface area contributed by atoms with E-state index in [-0.39, 0.29) is 18.9 Å². The summed E-state index contributed by atoms with van der Waals surface area (Å²) in [6.07, 6.45) is 2.78. The second kappa shape index (κ2) is 6.88. The molecule has 8 nitrogen and oxygen atoms in total. The van der Waals surface area contributed by atoms with Crippen LogP contribution in [0.2, 0.25) is 0 Å². The molecule has 1 fully saturated rings. The Labute approximate surface area is 161 Å². The van der Waals surface area contributed by atoms with Crippen LogP contribution in [0, 0.1) is 0 Å². The Morgan fingerprint density at radius 3 is 2.86 bits per heavy atom. The van der Waals surface area contributed by atoms with Gasteiger partial charge in [-0.25, -0.2) is 9.48 Å². The van der Waals surface area contributed by atoms with Crippen LogP contribution in [0.5, 0.6) is 11.5 Å². The Bertz CT molecular complexity index is 1000. The molecule has 0 radical (unpaired) electrons. The van der Waals surface area contributed by atoms with Crippen molar-refractivity contribution in [2.75, 3.05) is 25.2 Å². The number of hydrogen-bond donors (Lipinski definition) is 1. The maximum absolute atomic E-state index is 12.6. The van der Waals surface area contributed by atoms with Crippen molar-refractivity contribution in [1.82, 2.24) is 19.9 Å². The fourth-order valence-electron chi connectivity index (χ4n) is 3.52. The zero-order valence-corrected chi connectivity index (χ0v) is 15.1. The lowest BCUT2D eigenvalue weighted by Gasteiger charge is -2.17. The third-order valence-corrected chi connectivity index (χ3v) is 5.03. The first-order valence-electron chi connectivity index (χ1n) is 9.19. The molecule has 1 aromatic heterocycles. The van der Waals surface area contributed by atoms with E-state index in [0.29, 0.717) is 30.3 Å². The minimum absolute atomic E-state index is 0.118. The van der Waals surface area contributed by atoms with E-state index in [2.05, 4.69) is 15.6 Å². The Morgan fingerprint density at radius 1 is 1.11 bits per heavy atom. The molecule has 0 saturated carbocycles. The molecule has 8 heteroatoms. The van der Waals surface area contributed by atoms with Gasteiger partial charge in [-0.15, -0.1) is 5.10 Å². The highest BCUT2D eigenvalue weighted by atomic mass is 16.7. The molecule has 1 atom stereocenters. The molecule has 0 bridgehead atoms. The SMILES string of the molecule is O=C(Nc1ccc2c(c1)OCO2)N1CC[C@H](n2cc(-c3ccccc3)nn2)C1. The van der Waals surface area contributed by atoms with Crippen LogP contribution in [0.25, 0.3) is 11.3 Å². The molecule has 3 heterocycles. The average molecular weight is 377 g/mol. The van der Waals surface area contributed by atoms with Crippen LogP contribution < -0.4 is 14.8 Å². The molecular weight excluding hydrogens is 358 g/mol. The molecule has 2 aliphatic heterocycles. The van der Waals surface area contributed by atoms with Crippen molar-refractivity contribution in [1.29, 1.82) is 0 Å². The molecule has 3 aromatic rings. The highest BCUT2D eigenvalue weighted by Gasteiger charge is 2.28. The zero-order valence-electron chi connectivity index (χ0n) is 15.1. The molecule has 28 heavy (non-hydrogen) atoms. The van der Waals surface area contributed by atoms with Gasteiger partial charge in [0.1, 0.15) is 5.69 Å². The first kappa shape index (κ1) is 16.6. The standard InChI is InChI=1S/C20H19N5O3/c26-20(21-15-6-7-18-19(10-15)28-13-27-18)24-9-8-16(11-24)25-12-17(22-23-25)14-4-2-1-3-5-14/h1-7,10,12,16H,8-9,11,13H2,(H,21,26)/t16-/m0/s1. The van der Waals surface area contributed by atoms with E-state index in [0.717, 1.165) is 17.7 Å². The van der Waals surface area contributed by atoms with Crippen molar-refractivity contribution < 1.29 is 14.3 Å². The van der Waals surface area contributed by atoms with Gasteiger partial charge in [-0.05, 0) is 18.6 Å². The summed E-state index contributed by atoms with van der Waals surface area (Å²) in [5.41, 5.74) is 2.55. The number of rotatable bonds is 3. The van der Waals surface area contributed by atoms with E-state index in [1.54, 1.807) is 17.0 Å². The fourth-order valence-corrected chi connectivity index (χ4v) is 3.52. The molecular formula is C20H19N5O3. The number of carbonyl (C=O) groups excluding carboxylic acids is 1. The average Bonchev–Trinajstić information content (AvgIpc) is 3.47. The van der Waals surface area contributed by atoms with Crippen LogP contribution in [-0.2, 0) is 0 Å². The summed E-state index contributed by atoms with van der Waals surface area (Å²) in [6, 6.07) is 15.3. The topological polar surface area (TPSA) is 81.5 Å². The monoisotopic (exact) mass is 377 g/mol. The molecule has 0 spiro atoms. The quantitative estimate of drug-likeness (QED) is 0.758. The smallest absolute Gasteiger partial charge is 0.321 e. The Kier molecular flexibility index (Phi) is 4.08. The first-order valence-corrected chi connectivity index (χ1v) is 9.19. The van der Waals surface area contributed by atoms with E-state index in [9.17, 15) is 4.79 Å². The number of anilines is 1. The fraction of sp³-hybridized carbons (Fsp3) is 0.250. The van der Waals surface area contributed by atoms with Gasteiger partial charge in [0.2, 0.25) is 6.79 Å². The number of hydrogen-bond acceptors (Lipinski definition) is 5. The largest absolute Gasteiger partial charge is 0.454 e. The Morgan fingerprint density at radius 2 is 1.96 bits per heavy atom. The third kappa shape index (κ3) is 3.13. The van der Waals surface area contributed by atoms with Crippen molar-refractivity contribution in [3.63, 3.8) is 0 Å². The number of fused-ring (bicyclic) bond motifs is 1. The maximum Gasteiger partial charge on any atom is 0.321 e. The van der Waals surface area contributed by atoms with Crippen molar-refractivity contribution in [2.45, 2.75) is 12.5 Å². The van der Waals surface area contributed by atoms with Gasteiger partial charge >= 0.3 is 6.03 Å². The molecule has 0 aliphatic carbocycles. The van der Waals surface area contributed by atoms with Gasteiger partial charge in [0.25, 0.3) is 0 Å². The highest BCUT2D eigenvalue weighted by molar-refractivity contribution is 5.90. The van der Waals surface area contributed by atoms with Crippen LogP contribution in [0.15, 0.2) is 54.7 Å². The summed E-state index contributed by atoms with van der Waals surface area (Å²) in [6.45, 7) is 1.47. The summed E-state index contributed by atoms with van der Waals surface area (Å²) in [4.78, 5) is 14.4. The predicted molar refractivity (Wildman–Crippen MR) is 102 cm³/mol. The summed E-state index contributed by atoms with van der Waals surface area (Å²) >= 11 is 0. The van der Waals surface area contributed by atoms with Crippen LogP contribution in [0.4, 0.5) is 10.5 Å². The van der Waals surface area contributed by atoms with Gasteiger partial charge in [-0.2, -0.15) is 0 Å². The highest BCUT2D eigenvalue weighted by Crippen LogP contribution is 2.34. The molecule has 142 valence electrons. The van der Waals surface area contributed by atoms with E-state index >= 15 is 0 Å². The molecule has 2 amide bonds. The van der Waals surface area contributed by atoms with E-state index < -0.39 is 0 Å². The number of carbonyl (C=O) groups is 1. The van der Waals surface area contributed by atoms with E-state index in [1.165, 1.54) is 0 Å². The van der Waals surface area contributed by atoms with Crippen LogP contribution >= 0.6 is 0 Å². The summed E-state index contributed by atoms with van der Waals surface area (Å²) in [5, 5.41) is 11.5. The maximum atomic E-state index is 12.6. The van der Waals surface area contributed by atoms with Gasteiger partial charge < -0.3 is 19.7 Å². The lowest BCUT2D eigenvalue weighted by Crippen LogP contribution is -2.33. The van der Waals surface area contributed by atoms with Crippen molar-refractivity contribution in [3.05, 3.63) is 54.7 Å². The van der Waals surface area contributed by atoms with Crippen molar-refractivity contribution in [2.24, 2.45) is 0 Å². The molecule has 2 aliphatic rings. The van der Waals surface area contributed by atoms with Gasteiger partial charge in [0.15, 0.2) is 11.5 Å². The molecule has 1 saturated heterocycles. The van der Waals surface area contributed by atoms with Gasteiger partial charge in [0, 0.05) is 30.4 Å². The van der Waals surface area contributed by atoms with E-state index in [4.69, 9.17) is 9.47 Å². The minimum Gasteiger partial charge on any atom is -0.454 e. The molecule has 5 rings (SSSR count). The molecule has 2 aromatic carbocycles. The Hall–Kier alpha value is -3.55. The Balaban J connectivity index is 1.23. The second-order valence-electron chi connectivity index (χ2n) is 6.84. The normalized spacial score (nSPS) is 17.7. The number of nitrogens with one attached hydrogen (secondary N) is 1. The number of likely N-dealkylation sites (tertiary alicyclic amines) is 1.